The Hall–Kier alpha value is -1.61. The fraction of sp³-hybridized carbons (Fsp3) is 0.400. The Morgan fingerprint density at radius 3 is 2.56 bits per heavy atom. The summed E-state index contributed by atoms with van der Waals surface area (Å²) in [6, 6.07) is 7.00. The minimum atomic E-state index is -0.426. The van der Waals surface area contributed by atoms with Crippen molar-refractivity contribution in [1.29, 1.82) is 0 Å². The van der Waals surface area contributed by atoms with Crippen LogP contribution in [0.25, 0.3) is 6.08 Å². The number of hydrogen-bond acceptors (Lipinski definition) is 2. The molecule has 1 rings (SSSR count). The Morgan fingerprint density at radius 1 is 1.33 bits per heavy atom. The van der Waals surface area contributed by atoms with Gasteiger partial charge >= 0.3 is 0 Å². The molecule has 3 N–H and O–H groups in total. The van der Waals surface area contributed by atoms with E-state index in [0.29, 0.717) is 5.56 Å². The number of carbonyl (C=O) groups is 1. The van der Waals surface area contributed by atoms with Gasteiger partial charge in [-0.25, -0.2) is 0 Å². The molecule has 0 aliphatic carbocycles. The average molecular weight is 247 g/mol. The molecular formula is C15H21NO2. The summed E-state index contributed by atoms with van der Waals surface area (Å²) < 4.78 is 0. The second-order valence-electron chi connectivity index (χ2n) is 4.41. The maximum Gasteiger partial charge on any atom is 0.248 e. The number of unbranched alkanes of at least 4 members (excludes halogenated alkanes) is 2. The molecule has 1 unspecified atom stereocenters. The Kier molecular flexibility index (Phi) is 6.15. The number of rotatable bonds is 7. The quantitative estimate of drug-likeness (QED) is 0.728. The number of aliphatic hydroxyl groups is 1. The molecule has 0 spiro atoms. The van der Waals surface area contributed by atoms with Crippen LogP contribution in [-0.4, -0.2) is 17.1 Å². The van der Waals surface area contributed by atoms with Crippen molar-refractivity contribution in [1.82, 2.24) is 0 Å². The van der Waals surface area contributed by atoms with Crippen LogP contribution in [0.5, 0.6) is 0 Å². The van der Waals surface area contributed by atoms with Crippen molar-refractivity contribution in [3.05, 3.63) is 41.5 Å². The van der Waals surface area contributed by atoms with Crippen LogP contribution < -0.4 is 5.73 Å². The molecule has 0 aliphatic heterocycles. The largest absolute Gasteiger partial charge is 0.389 e. The smallest absolute Gasteiger partial charge is 0.248 e. The van der Waals surface area contributed by atoms with E-state index in [1.165, 1.54) is 0 Å². The summed E-state index contributed by atoms with van der Waals surface area (Å²) >= 11 is 0. The van der Waals surface area contributed by atoms with Gasteiger partial charge in [0.2, 0.25) is 5.91 Å². The van der Waals surface area contributed by atoms with Crippen LogP contribution in [0.4, 0.5) is 0 Å². The number of amides is 1. The van der Waals surface area contributed by atoms with E-state index >= 15 is 0 Å². The summed E-state index contributed by atoms with van der Waals surface area (Å²) in [4.78, 5) is 10.9. The van der Waals surface area contributed by atoms with Crippen LogP contribution in [0, 0.1) is 0 Å². The first-order valence-corrected chi connectivity index (χ1v) is 6.39. The Bertz CT molecular complexity index is 395. The van der Waals surface area contributed by atoms with Crippen LogP contribution in [0.2, 0.25) is 0 Å². The molecule has 0 radical (unpaired) electrons. The minimum absolute atomic E-state index is 0.396. The molecule has 3 nitrogen and oxygen atoms in total. The SMILES string of the molecule is CCCCCC(O)/C=C/c1ccc(C(N)=O)cc1. The summed E-state index contributed by atoms with van der Waals surface area (Å²) in [5, 5.41) is 9.72. The lowest BCUT2D eigenvalue weighted by Gasteiger charge is -2.04. The van der Waals surface area contributed by atoms with Crippen molar-refractivity contribution >= 4 is 12.0 Å². The predicted molar refractivity (Wildman–Crippen MR) is 74.1 cm³/mol. The maximum atomic E-state index is 10.9. The molecule has 0 aromatic heterocycles. The highest BCUT2D eigenvalue weighted by Crippen LogP contribution is 2.09. The third-order valence-electron chi connectivity index (χ3n) is 2.81. The summed E-state index contributed by atoms with van der Waals surface area (Å²) in [6.07, 6.45) is 7.40. The van der Waals surface area contributed by atoms with Crippen molar-refractivity contribution in [3.63, 3.8) is 0 Å². The number of benzene rings is 1. The molecule has 3 heteroatoms. The van der Waals surface area contributed by atoms with Crippen LogP contribution in [0.1, 0.15) is 48.5 Å². The topological polar surface area (TPSA) is 63.3 Å². The van der Waals surface area contributed by atoms with Crippen LogP contribution in [0.3, 0.4) is 0 Å². The molecule has 0 saturated heterocycles. The van der Waals surface area contributed by atoms with Gasteiger partial charge < -0.3 is 10.8 Å². The van der Waals surface area contributed by atoms with E-state index in [2.05, 4.69) is 6.92 Å². The maximum absolute atomic E-state index is 10.9. The zero-order valence-corrected chi connectivity index (χ0v) is 10.8. The average Bonchev–Trinajstić information content (AvgIpc) is 2.37. The first kappa shape index (κ1) is 14.5. The van der Waals surface area contributed by atoms with Crippen molar-refractivity contribution in [3.8, 4) is 0 Å². The fourth-order valence-electron chi connectivity index (χ4n) is 1.68. The highest BCUT2D eigenvalue weighted by atomic mass is 16.3. The highest BCUT2D eigenvalue weighted by molar-refractivity contribution is 5.92. The fourth-order valence-corrected chi connectivity index (χ4v) is 1.68. The number of primary amides is 1. The first-order valence-electron chi connectivity index (χ1n) is 6.39. The molecular weight excluding hydrogens is 226 g/mol. The van der Waals surface area contributed by atoms with Gasteiger partial charge in [0.05, 0.1) is 6.10 Å². The van der Waals surface area contributed by atoms with Crippen LogP contribution in [0.15, 0.2) is 30.3 Å². The first-order chi connectivity index (χ1) is 8.63. The van der Waals surface area contributed by atoms with Gasteiger partial charge in [0.1, 0.15) is 0 Å². The third kappa shape index (κ3) is 5.15. The van der Waals surface area contributed by atoms with Crippen molar-refractivity contribution in [2.45, 2.75) is 38.7 Å². The molecule has 1 aromatic rings. The predicted octanol–water partition coefficient (Wildman–Crippen LogP) is 2.74. The second kappa shape index (κ2) is 7.67. The Labute approximate surface area is 108 Å². The van der Waals surface area contributed by atoms with Gasteiger partial charge in [0.15, 0.2) is 0 Å². The summed E-state index contributed by atoms with van der Waals surface area (Å²) in [5.41, 5.74) is 6.61. The number of hydrogen-bond donors (Lipinski definition) is 2. The normalized spacial score (nSPS) is 12.8. The van der Waals surface area contributed by atoms with E-state index < -0.39 is 12.0 Å². The lowest BCUT2D eigenvalue weighted by atomic mass is 10.1. The second-order valence-corrected chi connectivity index (χ2v) is 4.41. The standard InChI is InChI=1S/C15H21NO2/c1-2-3-4-5-14(17)11-8-12-6-9-13(10-7-12)15(16)18/h6-11,14,17H,2-5H2,1H3,(H2,16,18)/b11-8+. The highest BCUT2D eigenvalue weighted by Gasteiger charge is 2.00. The Morgan fingerprint density at radius 2 is 2.00 bits per heavy atom. The van der Waals surface area contributed by atoms with Crippen LogP contribution in [-0.2, 0) is 0 Å². The molecule has 1 amide bonds. The van der Waals surface area contributed by atoms with E-state index in [4.69, 9.17) is 5.73 Å². The molecule has 1 atom stereocenters. The van der Waals surface area contributed by atoms with E-state index in [1.807, 2.05) is 18.2 Å². The van der Waals surface area contributed by atoms with Crippen molar-refractivity contribution < 1.29 is 9.90 Å². The molecule has 0 aliphatic rings. The third-order valence-corrected chi connectivity index (χ3v) is 2.81. The zero-order valence-electron chi connectivity index (χ0n) is 10.8. The van der Waals surface area contributed by atoms with Crippen LogP contribution >= 0.6 is 0 Å². The van der Waals surface area contributed by atoms with E-state index in [-0.39, 0.29) is 0 Å². The lowest BCUT2D eigenvalue weighted by molar-refractivity contribution is 0.100. The summed E-state index contributed by atoms with van der Waals surface area (Å²) in [5.74, 6) is -0.426. The van der Waals surface area contributed by atoms with Gasteiger partial charge in [0.25, 0.3) is 0 Å². The molecule has 0 heterocycles. The zero-order chi connectivity index (χ0) is 13.4. The van der Waals surface area contributed by atoms with Gasteiger partial charge in [-0.1, -0.05) is 50.5 Å². The van der Waals surface area contributed by atoms with Gasteiger partial charge in [-0.05, 0) is 24.1 Å². The molecule has 0 saturated carbocycles. The van der Waals surface area contributed by atoms with E-state index in [1.54, 1.807) is 18.2 Å². The lowest BCUT2D eigenvalue weighted by Crippen LogP contribution is -2.10. The minimum Gasteiger partial charge on any atom is -0.389 e. The summed E-state index contributed by atoms with van der Waals surface area (Å²) in [6.45, 7) is 2.14. The molecule has 18 heavy (non-hydrogen) atoms. The van der Waals surface area contributed by atoms with Crippen molar-refractivity contribution in [2.75, 3.05) is 0 Å². The Balaban J connectivity index is 2.48. The van der Waals surface area contributed by atoms with Gasteiger partial charge in [0, 0.05) is 5.56 Å². The molecule has 0 fully saturated rings. The summed E-state index contributed by atoms with van der Waals surface area (Å²) in [7, 11) is 0. The molecule has 98 valence electrons. The number of carbonyl (C=O) groups excluding carboxylic acids is 1. The number of nitrogens with two attached hydrogens (primary N) is 1. The van der Waals surface area contributed by atoms with Gasteiger partial charge in [-0.3, -0.25) is 4.79 Å². The molecule has 0 bridgehead atoms. The monoisotopic (exact) mass is 247 g/mol. The van der Waals surface area contributed by atoms with Gasteiger partial charge in [-0.15, -0.1) is 0 Å². The van der Waals surface area contributed by atoms with Gasteiger partial charge in [-0.2, -0.15) is 0 Å². The number of aliphatic hydroxyl groups excluding tert-OH is 1. The van der Waals surface area contributed by atoms with Crippen molar-refractivity contribution in [2.24, 2.45) is 5.73 Å². The van der Waals surface area contributed by atoms with E-state index in [9.17, 15) is 9.90 Å². The van der Waals surface area contributed by atoms with E-state index in [0.717, 1.165) is 31.2 Å². The molecule has 1 aromatic carbocycles.